The molecule has 2 atom stereocenters. The third-order valence-corrected chi connectivity index (χ3v) is 4.23. The Morgan fingerprint density at radius 1 is 1.30 bits per heavy atom. The van der Waals surface area contributed by atoms with E-state index < -0.39 is 0 Å². The van der Waals surface area contributed by atoms with Crippen LogP contribution in [0.15, 0.2) is 28.7 Å². The summed E-state index contributed by atoms with van der Waals surface area (Å²) < 4.78 is 1.11. The lowest BCUT2D eigenvalue weighted by molar-refractivity contribution is 0.154. The van der Waals surface area contributed by atoms with E-state index >= 15 is 0 Å². The predicted molar refractivity (Wildman–Crippen MR) is 89.0 cm³/mol. The van der Waals surface area contributed by atoms with Gasteiger partial charge in [-0.25, -0.2) is 0 Å². The lowest BCUT2D eigenvalue weighted by Gasteiger charge is -2.26. The zero-order valence-electron chi connectivity index (χ0n) is 12.8. The van der Waals surface area contributed by atoms with E-state index in [0.29, 0.717) is 6.04 Å². The van der Waals surface area contributed by atoms with Gasteiger partial charge in [-0.15, -0.1) is 0 Å². The molecule has 3 nitrogen and oxygen atoms in total. The van der Waals surface area contributed by atoms with Crippen molar-refractivity contribution in [1.82, 2.24) is 10.2 Å². The Labute approximate surface area is 131 Å². The topological polar surface area (TPSA) is 35.5 Å². The molecule has 0 saturated heterocycles. The Balaban J connectivity index is 2.62. The minimum atomic E-state index is 0.210. The van der Waals surface area contributed by atoms with Gasteiger partial charge in [-0.3, -0.25) is 0 Å². The van der Waals surface area contributed by atoms with E-state index in [2.05, 4.69) is 64.4 Å². The van der Waals surface area contributed by atoms with Gasteiger partial charge in [0.15, 0.2) is 0 Å². The Bertz CT molecular complexity index is 369. The van der Waals surface area contributed by atoms with E-state index in [4.69, 9.17) is 0 Å². The van der Waals surface area contributed by atoms with Crippen molar-refractivity contribution >= 4 is 15.9 Å². The first-order chi connectivity index (χ1) is 9.58. The third-order valence-electron chi connectivity index (χ3n) is 3.70. The van der Waals surface area contributed by atoms with Crippen LogP contribution in [0.3, 0.4) is 0 Å². The van der Waals surface area contributed by atoms with Crippen LogP contribution in [0, 0.1) is 0 Å². The molecule has 0 aliphatic heterocycles. The van der Waals surface area contributed by atoms with Gasteiger partial charge >= 0.3 is 0 Å². The summed E-state index contributed by atoms with van der Waals surface area (Å²) in [6, 6.07) is 9.12. The van der Waals surface area contributed by atoms with Gasteiger partial charge in [0.2, 0.25) is 0 Å². The van der Waals surface area contributed by atoms with Crippen molar-refractivity contribution in [3.05, 3.63) is 34.3 Å². The number of aliphatic hydroxyl groups is 1. The Kier molecular flexibility index (Phi) is 8.38. The second kappa shape index (κ2) is 9.50. The second-order valence-electron chi connectivity index (χ2n) is 5.36. The van der Waals surface area contributed by atoms with Gasteiger partial charge < -0.3 is 15.3 Å². The molecule has 20 heavy (non-hydrogen) atoms. The molecule has 1 rings (SSSR count). The molecule has 0 heterocycles. The van der Waals surface area contributed by atoms with Gasteiger partial charge in [0.25, 0.3) is 0 Å². The summed E-state index contributed by atoms with van der Waals surface area (Å²) in [7, 11) is 2.07. The van der Waals surface area contributed by atoms with Crippen LogP contribution in [0.5, 0.6) is 0 Å². The third kappa shape index (κ3) is 5.92. The fraction of sp³-hybridized carbons (Fsp3) is 0.625. The van der Waals surface area contributed by atoms with E-state index in [1.165, 1.54) is 5.56 Å². The van der Waals surface area contributed by atoms with Crippen molar-refractivity contribution in [3.8, 4) is 0 Å². The van der Waals surface area contributed by atoms with Gasteiger partial charge in [-0.2, -0.15) is 0 Å². The number of hydrogen-bond donors (Lipinski definition) is 2. The van der Waals surface area contributed by atoms with E-state index in [-0.39, 0.29) is 12.6 Å². The molecule has 4 heteroatoms. The fourth-order valence-electron chi connectivity index (χ4n) is 2.09. The number of hydrogen-bond acceptors (Lipinski definition) is 3. The summed E-state index contributed by atoms with van der Waals surface area (Å²) in [6.07, 6.45) is 2.18. The van der Waals surface area contributed by atoms with Crippen LogP contribution in [0.4, 0.5) is 0 Å². The molecule has 114 valence electrons. The van der Waals surface area contributed by atoms with Gasteiger partial charge in [0.05, 0.1) is 6.61 Å². The molecule has 0 aliphatic rings. The number of likely N-dealkylation sites (N-methyl/N-ethyl adjacent to an activating group) is 1. The van der Waals surface area contributed by atoms with E-state index in [9.17, 15) is 5.11 Å². The smallest absolute Gasteiger partial charge is 0.0584 e. The first-order valence-corrected chi connectivity index (χ1v) is 8.17. The molecule has 2 N–H and O–H groups in total. The number of nitrogens with one attached hydrogen (secondary N) is 1. The molecule has 0 aromatic heterocycles. The van der Waals surface area contributed by atoms with Crippen LogP contribution in [-0.2, 0) is 0 Å². The number of nitrogens with zero attached hydrogens (tertiary/aromatic N) is 1. The molecule has 2 unspecified atom stereocenters. The van der Waals surface area contributed by atoms with Crippen molar-refractivity contribution in [2.75, 3.05) is 26.7 Å². The Morgan fingerprint density at radius 2 is 1.95 bits per heavy atom. The zero-order valence-corrected chi connectivity index (χ0v) is 14.4. The fourth-order valence-corrected chi connectivity index (χ4v) is 2.36. The van der Waals surface area contributed by atoms with Crippen molar-refractivity contribution in [3.63, 3.8) is 0 Å². The highest BCUT2D eigenvalue weighted by Gasteiger charge is 2.14. The maximum atomic E-state index is 9.20. The molecule has 1 aromatic carbocycles. The van der Waals surface area contributed by atoms with Gasteiger partial charge in [0, 0.05) is 23.1 Å². The Morgan fingerprint density at radius 3 is 2.50 bits per heavy atom. The molecule has 1 aromatic rings. The van der Waals surface area contributed by atoms with E-state index in [0.717, 1.165) is 30.4 Å². The standard InChI is InChI=1S/C16H27BrN2O/c1-4-10-18-16(9-11-19(3)13(2)12-20)14-5-7-15(17)8-6-14/h5-8,13,16,18,20H,4,9-12H2,1-3H3. The van der Waals surface area contributed by atoms with Gasteiger partial charge in [0.1, 0.15) is 0 Å². The molecule has 0 radical (unpaired) electrons. The Hall–Kier alpha value is -0.420. The van der Waals surface area contributed by atoms with Crippen LogP contribution in [0.2, 0.25) is 0 Å². The second-order valence-corrected chi connectivity index (χ2v) is 6.27. The van der Waals surface area contributed by atoms with Crippen LogP contribution in [0.25, 0.3) is 0 Å². The molecular formula is C16H27BrN2O. The van der Waals surface area contributed by atoms with Crippen LogP contribution >= 0.6 is 15.9 Å². The average molecular weight is 343 g/mol. The molecule has 0 saturated carbocycles. The normalized spacial score (nSPS) is 14.5. The summed E-state index contributed by atoms with van der Waals surface area (Å²) in [5.41, 5.74) is 1.33. The summed E-state index contributed by atoms with van der Waals surface area (Å²) in [4.78, 5) is 2.21. The molecule has 0 aliphatic carbocycles. The first kappa shape index (κ1) is 17.6. The lowest BCUT2D eigenvalue weighted by atomic mass is 10.0. The monoisotopic (exact) mass is 342 g/mol. The number of benzene rings is 1. The maximum Gasteiger partial charge on any atom is 0.0584 e. The summed E-state index contributed by atoms with van der Waals surface area (Å²) in [5.74, 6) is 0. The van der Waals surface area contributed by atoms with Crippen LogP contribution < -0.4 is 5.32 Å². The van der Waals surface area contributed by atoms with Gasteiger partial charge in [-0.05, 0) is 51.1 Å². The van der Waals surface area contributed by atoms with Crippen LogP contribution in [0.1, 0.15) is 38.3 Å². The highest BCUT2D eigenvalue weighted by atomic mass is 79.9. The van der Waals surface area contributed by atoms with Crippen molar-refractivity contribution in [2.24, 2.45) is 0 Å². The molecule has 0 spiro atoms. The van der Waals surface area contributed by atoms with Crippen molar-refractivity contribution in [1.29, 1.82) is 0 Å². The minimum Gasteiger partial charge on any atom is -0.395 e. The number of aliphatic hydroxyl groups excluding tert-OH is 1. The van der Waals surface area contributed by atoms with Crippen molar-refractivity contribution < 1.29 is 5.11 Å². The molecular weight excluding hydrogens is 316 g/mol. The summed E-state index contributed by atoms with van der Waals surface area (Å²) >= 11 is 3.48. The lowest BCUT2D eigenvalue weighted by Crippen LogP contribution is -2.35. The summed E-state index contributed by atoms with van der Waals surface area (Å²) in [5, 5.41) is 12.8. The van der Waals surface area contributed by atoms with Crippen LogP contribution in [-0.4, -0.2) is 42.8 Å². The quantitative estimate of drug-likeness (QED) is 0.723. The largest absolute Gasteiger partial charge is 0.395 e. The first-order valence-electron chi connectivity index (χ1n) is 7.38. The average Bonchev–Trinajstić information content (AvgIpc) is 2.47. The van der Waals surface area contributed by atoms with Gasteiger partial charge in [-0.1, -0.05) is 35.0 Å². The number of rotatable bonds is 9. The highest BCUT2D eigenvalue weighted by Crippen LogP contribution is 2.20. The number of halogens is 1. The summed E-state index contributed by atoms with van der Waals surface area (Å²) in [6.45, 7) is 6.45. The van der Waals surface area contributed by atoms with E-state index in [1.54, 1.807) is 0 Å². The highest BCUT2D eigenvalue weighted by molar-refractivity contribution is 9.10. The predicted octanol–water partition coefficient (Wildman–Crippen LogP) is 3.19. The molecule has 0 amide bonds. The molecule has 0 bridgehead atoms. The maximum absolute atomic E-state index is 9.20. The minimum absolute atomic E-state index is 0.210. The van der Waals surface area contributed by atoms with E-state index in [1.807, 2.05) is 6.92 Å². The van der Waals surface area contributed by atoms with Crippen molar-refractivity contribution in [2.45, 2.75) is 38.8 Å². The molecule has 0 fully saturated rings. The SMILES string of the molecule is CCCNC(CCN(C)C(C)CO)c1ccc(Br)cc1. The zero-order chi connectivity index (χ0) is 15.0.